The van der Waals surface area contributed by atoms with Gasteiger partial charge in [-0.3, -0.25) is 0 Å². The Morgan fingerprint density at radius 1 is 1.24 bits per heavy atom. The van der Waals surface area contributed by atoms with E-state index in [4.69, 9.17) is 0 Å². The zero-order valence-electron chi connectivity index (χ0n) is 12.5. The average Bonchev–Trinajstić information content (AvgIpc) is 2.36. The van der Waals surface area contributed by atoms with Gasteiger partial charge in [0, 0.05) is 12.6 Å². The van der Waals surface area contributed by atoms with Crippen LogP contribution in [-0.2, 0) is 6.54 Å². The van der Waals surface area contributed by atoms with Crippen LogP contribution < -0.4 is 10.1 Å². The maximum absolute atomic E-state index is 12.2. The van der Waals surface area contributed by atoms with Crippen molar-refractivity contribution >= 4 is 0 Å². The predicted octanol–water partition coefficient (Wildman–Crippen LogP) is 4.64. The highest BCUT2D eigenvalue weighted by molar-refractivity contribution is 5.28. The average molecular weight is 301 g/mol. The van der Waals surface area contributed by atoms with Crippen LogP contribution in [0.15, 0.2) is 24.3 Å². The van der Waals surface area contributed by atoms with E-state index in [2.05, 4.69) is 23.9 Å². The zero-order valence-corrected chi connectivity index (χ0v) is 12.5. The van der Waals surface area contributed by atoms with Gasteiger partial charge in [0.1, 0.15) is 5.75 Å². The molecule has 1 fully saturated rings. The third-order valence-electron chi connectivity index (χ3n) is 4.07. The number of benzene rings is 1. The van der Waals surface area contributed by atoms with Gasteiger partial charge in [0.2, 0.25) is 0 Å². The monoisotopic (exact) mass is 301 g/mol. The molecule has 118 valence electrons. The van der Waals surface area contributed by atoms with Crippen molar-refractivity contribution in [1.82, 2.24) is 5.32 Å². The van der Waals surface area contributed by atoms with Crippen molar-refractivity contribution in [2.45, 2.75) is 58.5 Å². The molecular weight excluding hydrogens is 279 g/mol. The Kier molecular flexibility index (Phi) is 4.81. The number of hydrogen-bond acceptors (Lipinski definition) is 2. The maximum atomic E-state index is 12.2. The SMILES string of the molecule is CC1(C)CCC(NCc2cccc(OC(F)(F)F)c2)CC1. The molecule has 0 amide bonds. The normalized spacial score (nSPS) is 19.5. The van der Waals surface area contributed by atoms with E-state index < -0.39 is 6.36 Å². The Hall–Kier alpha value is -1.23. The van der Waals surface area contributed by atoms with Gasteiger partial charge in [-0.25, -0.2) is 0 Å². The van der Waals surface area contributed by atoms with Crippen LogP contribution in [0.25, 0.3) is 0 Å². The molecule has 5 heteroatoms. The van der Waals surface area contributed by atoms with Crippen molar-refractivity contribution in [2.75, 3.05) is 0 Å². The maximum Gasteiger partial charge on any atom is 0.573 e. The lowest BCUT2D eigenvalue weighted by Crippen LogP contribution is -2.35. The van der Waals surface area contributed by atoms with Crippen molar-refractivity contribution in [3.05, 3.63) is 29.8 Å². The first kappa shape index (κ1) is 16.1. The molecule has 1 aromatic rings. The van der Waals surface area contributed by atoms with Gasteiger partial charge in [0.05, 0.1) is 0 Å². The van der Waals surface area contributed by atoms with Crippen LogP contribution in [0.4, 0.5) is 13.2 Å². The van der Waals surface area contributed by atoms with E-state index in [1.54, 1.807) is 6.07 Å². The van der Waals surface area contributed by atoms with Crippen LogP contribution in [0.2, 0.25) is 0 Å². The van der Waals surface area contributed by atoms with E-state index in [-0.39, 0.29) is 5.75 Å². The second kappa shape index (κ2) is 6.26. The van der Waals surface area contributed by atoms with E-state index >= 15 is 0 Å². The lowest BCUT2D eigenvalue weighted by molar-refractivity contribution is -0.274. The van der Waals surface area contributed by atoms with Crippen LogP contribution in [-0.4, -0.2) is 12.4 Å². The minimum atomic E-state index is -4.64. The Labute approximate surface area is 123 Å². The van der Waals surface area contributed by atoms with E-state index in [1.807, 2.05) is 6.07 Å². The summed E-state index contributed by atoms with van der Waals surface area (Å²) in [5, 5.41) is 3.43. The summed E-state index contributed by atoms with van der Waals surface area (Å²) >= 11 is 0. The molecule has 2 nitrogen and oxygen atoms in total. The lowest BCUT2D eigenvalue weighted by Gasteiger charge is -2.34. The fraction of sp³-hybridized carbons (Fsp3) is 0.625. The molecule has 0 aromatic heterocycles. The molecule has 2 rings (SSSR count). The van der Waals surface area contributed by atoms with Gasteiger partial charge in [0.25, 0.3) is 0 Å². The molecule has 0 radical (unpaired) electrons. The summed E-state index contributed by atoms with van der Waals surface area (Å²) in [4.78, 5) is 0. The highest BCUT2D eigenvalue weighted by atomic mass is 19.4. The summed E-state index contributed by atoms with van der Waals surface area (Å²) in [5.74, 6) is -0.161. The second-order valence-corrected chi connectivity index (χ2v) is 6.51. The van der Waals surface area contributed by atoms with Gasteiger partial charge in [-0.05, 0) is 48.8 Å². The molecule has 1 aliphatic rings. The molecule has 1 N–H and O–H groups in total. The zero-order chi connectivity index (χ0) is 15.5. The first-order valence-electron chi connectivity index (χ1n) is 7.32. The quantitative estimate of drug-likeness (QED) is 0.874. The van der Waals surface area contributed by atoms with Crippen LogP contribution >= 0.6 is 0 Å². The molecular formula is C16H22F3NO. The molecule has 1 aromatic carbocycles. The van der Waals surface area contributed by atoms with Gasteiger partial charge in [0.15, 0.2) is 0 Å². The number of halogens is 3. The number of nitrogens with one attached hydrogen (secondary N) is 1. The third kappa shape index (κ3) is 5.58. The molecule has 21 heavy (non-hydrogen) atoms. The topological polar surface area (TPSA) is 21.3 Å². The largest absolute Gasteiger partial charge is 0.573 e. The van der Waals surface area contributed by atoms with Crippen molar-refractivity contribution in [3.8, 4) is 5.75 Å². The van der Waals surface area contributed by atoms with E-state index in [9.17, 15) is 13.2 Å². The fourth-order valence-corrected chi connectivity index (χ4v) is 2.72. The summed E-state index contributed by atoms with van der Waals surface area (Å²) in [5.41, 5.74) is 1.22. The molecule has 1 saturated carbocycles. The molecule has 0 saturated heterocycles. The minimum absolute atomic E-state index is 0.161. The van der Waals surface area contributed by atoms with Gasteiger partial charge < -0.3 is 10.1 Å². The van der Waals surface area contributed by atoms with Crippen molar-refractivity contribution in [3.63, 3.8) is 0 Å². The number of ether oxygens (including phenoxy) is 1. The van der Waals surface area contributed by atoms with Crippen molar-refractivity contribution < 1.29 is 17.9 Å². The first-order chi connectivity index (χ1) is 9.73. The lowest BCUT2D eigenvalue weighted by atomic mass is 9.75. The summed E-state index contributed by atoms with van der Waals surface area (Å²) in [6.45, 7) is 5.13. The highest BCUT2D eigenvalue weighted by Crippen LogP contribution is 2.35. The summed E-state index contributed by atoms with van der Waals surface area (Å²) in [6, 6.07) is 6.60. The Morgan fingerprint density at radius 2 is 1.90 bits per heavy atom. The second-order valence-electron chi connectivity index (χ2n) is 6.51. The molecule has 0 spiro atoms. The smallest absolute Gasteiger partial charge is 0.406 e. The standard InChI is InChI=1S/C16H22F3NO/c1-15(2)8-6-13(7-9-15)20-11-12-4-3-5-14(10-12)21-16(17,18)19/h3-5,10,13,20H,6-9,11H2,1-2H3. The third-order valence-corrected chi connectivity index (χ3v) is 4.07. The van der Waals surface area contributed by atoms with Crippen LogP contribution in [0.3, 0.4) is 0 Å². The van der Waals surface area contributed by atoms with Gasteiger partial charge in [-0.1, -0.05) is 26.0 Å². The van der Waals surface area contributed by atoms with Crippen LogP contribution in [0, 0.1) is 5.41 Å². The predicted molar refractivity (Wildman–Crippen MR) is 76.0 cm³/mol. The first-order valence-corrected chi connectivity index (χ1v) is 7.32. The minimum Gasteiger partial charge on any atom is -0.406 e. The van der Waals surface area contributed by atoms with Gasteiger partial charge >= 0.3 is 6.36 Å². The van der Waals surface area contributed by atoms with Gasteiger partial charge in [-0.2, -0.15) is 0 Å². The molecule has 0 unspecified atom stereocenters. The van der Waals surface area contributed by atoms with Crippen LogP contribution in [0.5, 0.6) is 5.75 Å². The molecule has 0 aliphatic heterocycles. The summed E-state index contributed by atoms with van der Waals surface area (Å²) < 4.78 is 40.5. The van der Waals surface area contributed by atoms with E-state index in [0.717, 1.165) is 18.4 Å². The molecule has 0 atom stereocenters. The summed E-state index contributed by atoms with van der Waals surface area (Å²) in [7, 11) is 0. The number of hydrogen-bond donors (Lipinski definition) is 1. The molecule has 1 aliphatic carbocycles. The Balaban J connectivity index is 1.85. The number of rotatable bonds is 4. The van der Waals surface area contributed by atoms with Crippen molar-refractivity contribution in [2.24, 2.45) is 5.41 Å². The number of alkyl halides is 3. The highest BCUT2D eigenvalue weighted by Gasteiger charge is 2.31. The van der Waals surface area contributed by atoms with Gasteiger partial charge in [-0.15, -0.1) is 13.2 Å². The fourth-order valence-electron chi connectivity index (χ4n) is 2.72. The van der Waals surface area contributed by atoms with E-state index in [0.29, 0.717) is 18.0 Å². The summed E-state index contributed by atoms with van der Waals surface area (Å²) in [6.07, 6.45) is -0.0394. The van der Waals surface area contributed by atoms with Crippen LogP contribution in [0.1, 0.15) is 45.1 Å². The van der Waals surface area contributed by atoms with Crippen molar-refractivity contribution in [1.29, 1.82) is 0 Å². The Morgan fingerprint density at radius 3 is 2.52 bits per heavy atom. The molecule has 0 heterocycles. The van der Waals surface area contributed by atoms with E-state index in [1.165, 1.54) is 25.0 Å². The molecule has 0 bridgehead atoms. The Bertz CT molecular complexity index is 461.